The molecule has 0 spiro atoms. The molecule has 14 heavy (non-hydrogen) atoms. The van der Waals surface area contributed by atoms with Gasteiger partial charge in [0.05, 0.1) is 6.10 Å². The van der Waals surface area contributed by atoms with Gasteiger partial charge >= 0.3 is 0 Å². The van der Waals surface area contributed by atoms with Crippen LogP contribution < -0.4 is 0 Å². The van der Waals surface area contributed by atoms with Crippen LogP contribution in [0.2, 0.25) is 0 Å². The van der Waals surface area contributed by atoms with Crippen LogP contribution in [-0.4, -0.2) is 17.3 Å². The Balaban J connectivity index is 2.80. The highest BCUT2D eigenvalue weighted by atomic mass is 16.5. The van der Waals surface area contributed by atoms with Gasteiger partial charge in [0.2, 0.25) is 0 Å². The standard InChI is InChI=1S/C12H22O2/c1-6-8(2)14-11-9(3)12(4,5)7-10(11)13/h8,10,13H,6-7H2,1-5H3. The molecular weight excluding hydrogens is 176 g/mol. The van der Waals surface area contributed by atoms with E-state index in [0.717, 1.165) is 18.6 Å². The SMILES string of the molecule is CCC(C)OC1=C(C)C(C)(C)CC1O. The molecule has 0 aromatic rings. The van der Waals surface area contributed by atoms with Crippen LogP contribution >= 0.6 is 0 Å². The fraction of sp³-hybridized carbons (Fsp3) is 0.833. The fourth-order valence-electron chi connectivity index (χ4n) is 1.78. The highest BCUT2D eigenvalue weighted by Crippen LogP contribution is 2.42. The van der Waals surface area contributed by atoms with Crippen molar-refractivity contribution in [3.8, 4) is 0 Å². The van der Waals surface area contributed by atoms with Crippen molar-refractivity contribution in [1.82, 2.24) is 0 Å². The molecule has 1 aliphatic rings. The van der Waals surface area contributed by atoms with Gasteiger partial charge in [-0.15, -0.1) is 0 Å². The minimum atomic E-state index is -0.404. The summed E-state index contributed by atoms with van der Waals surface area (Å²) >= 11 is 0. The molecule has 0 fully saturated rings. The topological polar surface area (TPSA) is 29.5 Å². The number of ether oxygens (including phenoxy) is 1. The summed E-state index contributed by atoms with van der Waals surface area (Å²) in [5.41, 5.74) is 1.28. The Labute approximate surface area is 87.0 Å². The van der Waals surface area contributed by atoms with Crippen molar-refractivity contribution in [1.29, 1.82) is 0 Å². The minimum absolute atomic E-state index is 0.0855. The van der Waals surface area contributed by atoms with Gasteiger partial charge in [-0.3, -0.25) is 0 Å². The molecule has 0 aliphatic heterocycles. The third-order valence-corrected chi connectivity index (χ3v) is 3.29. The van der Waals surface area contributed by atoms with Crippen LogP contribution in [0.4, 0.5) is 0 Å². The average Bonchev–Trinajstić information content (AvgIpc) is 2.28. The zero-order valence-electron chi connectivity index (χ0n) is 9.92. The van der Waals surface area contributed by atoms with Gasteiger partial charge in [0.25, 0.3) is 0 Å². The molecule has 2 nitrogen and oxygen atoms in total. The van der Waals surface area contributed by atoms with E-state index in [4.69, 9.17) is 4.74 Å². The van der Waals surface area contributed by atoms with Crippen LogP contribution in [0.15, 0.2) is 11.3 Å². The molecule has 1 rings (SSSR count). The van der Waals surface area contributed by atoms with E-state index >= 15 is 0 Å². The molecule has 1 N–H and O–H groups in total. The van der Waals surface area contributed by atoms with Crippen molar-refractivity contribution >= 4 is 0 Å². The van der Waals surface area contributed by atoms with Gasteiger partial charge in [0.15, 0.2) is 0 Å². The van der Waals surface area contributed by atoms with Crippen molar-refractivity contribution in [2.24, 2.45) is 5.41 Å². The van der Waals surface area contributed by atoms with Gasteiger partial charge < -0.3 is 9.84 Å². The molecule has 0 amide bonds. The van der Waals surface area contributed by atoms with E-state index < -0.39 is 6.10 Å². The summed E-state index contributed by atoms with van der Waals surface area (Å²) in [6.45, 7) is 10.5. The van der Waals surface area contributed by atoms with Crippen LogP contribution in [0.5, 0.6) is 0 Å². The summed E-state index contributed by atoms with van der Waals surface area (Å²) in [6.07, 6.45) is 1.55. The second-order valence-electron chi connectivity index (χ2n) is 4.93. The van der Waals surface area contributed by atoms with Crippen molar-refractivity contribution < 1.29 is 9.84 Å². The van der Waals surface area contributed by atoms with E-state index in [1.165, 1.54) is 5.57 Å². The highest BCUT2D eigenvalue weighted by Gasteiger charge is 2.37. The molecule has 2 atom stereocenters. The first-order valence-corrected chi connectivity index (χ1v) is 5.44. The number of hydrogen-bond acceptors (Lipinski definition) is 2. The van der Waals surface area contributed by atoms with Crippen molar-refractivity contribution in [3.63, 3.8) is 0 Å². The average molecular weight is 198 g/mol. The third kappa shape index (κ3) is 2.11. The molecule has 0 bridgehead atoms. The summed E-state index contributed by atoms with van der Waals surface area (Å²) in [7, 11) is 0. The fourth-order valence-corrected chi connectivity index (χ4v) is 1.78. The second kappa shape index (κ2) is 3.93. The van der Waals surface area contributed by atoms with Crippen LogP contribution in [0.1, 0.15) is 47.5 Å². The number of aliphatic hydroxyl groups is 1. The molecule has 0 aromatic carbocycles. The molecule has 0 radical (unpaired) electrons. The predicted octanol–water partition coefficient (Wildman–Crippen LogP) is 2.87. The van der Waals surface area contributed by atoms with E-state index in [-0.39, 0.29) is 11.5 Å². The smallest absolute Gasteiger partial charge is 0.124 e. The lowest BCUT2D eigenvalue weighted by Gasteiger charge is -2.19. The highest BCUT2D eigenvalue weighted by molar-refractivity contribution is 5.24. The number of hydrogen-bond donors (Lipinski definition) is 1. The lowest BCUT2D eigenvalue weighted by atomic mass is 9.86. The Kier molecular flexibility index (Phi) is 3.25. The molecule has 1 aliphatic carbocycles. The summed E-state index contributed by atoms with van der Waals surface area (Å²) in [5, 5.41) is 9.86. The Bertz CT molecular complexity index is 241. The third-order valence-electron chi connectivity index (χ3n) is 3.29. The Morgan fingerprint density at radius 3 is 2.50 bits per heavy atom. The quantitative estimate of drug-likeness (QED) is 0.755. The summed E-state index contributed by atoms with van der Waals surface area (Å²) in [6, 6.07) is 0. The molecule has 2 unspecified atom stereocenters. The van der Waals surface area contributed by atoms with E-state index in [1.54, 1.807) is 0 Å². The molecule has 0 heterocycles. The molecule has 2 heteroatoms. The van der Waals surface area contributed by atoms with Crippen molar-refractivity contribution in [3.05, 3.63) is 11.3 Å². The molecule has 82 valence electrons. The largest absolute Gasteiger partial charge is 0.492 e. The first kappa shape index (κ1) is 11.6. The van der Waals surface area contributed by atoms with Gasteiger partial charge in [-0.05, 0) is 37.7 Å². The van der Waals surface area contributed by atoms with Gasteiger partial charge in [0.1, 0.15) is 11.9 Å². The summed E-state index contributed by atoms with van der Waals surface area (Å²) in [4.78, 5) is 0. The van der Waals surface area contributed by atoms with Crippen LogP contribution in [0, 0.1) is 5.41 Å². The van der Waals surface area contributed by atoms with Gasteiger partial charge in [-0.25, -0.2) is 0 Å². The maximum atomic E-state index is 9.86. The van der Waals surface area contributed by atoms with E-state index in [9.17, 15) is 5.11 Å². The second-order valence-corrected chi connectivity index (χ2v) is 4.93. The summed E-state index contributed by atoms with van der Waals surface area (Å²) < 4.78 is 5.75. The summed E-state index contributed by atoms with van der Waals surface area (Å²) in [5.74, 6) is 0.810. The number of rotatable bonds is 3. The van der Waals surface area contributed by atoms with E-state index in [1.807, 2.05) is 6.92 Å². The van der Waals surface area contributed by atoms with Gasteiger partial charge in [-0.2, -0.15) is 0 Å². The van der Waals surface area contributed by atoms with Gasteiger partial charge in [0, 0.05) is 0 Å². The lowest BCUT2D eigenvalue weighted by Crippen LogP contribution is -2.15. The minimum Gasteiger partial charge on any atom is -0.492 e. The van der Waals surface area contributed by atoms with Crippen LogP contribution in [0.3, 0.4) is 0 Å². The Morgan fingerprint density at radius 2 is 2.14 bits per heavy atom. The van der Waals surface area contributed by atoms with E-state index in [2.05, 4.69) is 27.7 Å². The monoisotopic (exact) mass is 198 g/mol. The Morgan fingerprint density at radius 1 is 1.57 bits per heavy atom. The lowest BCUT2D eigenvalue weighted by molar-refractivity contribution is 0.0610. The van der Waals surface area contributed by atoms with Crippen LogP contribution in [-0.2, 0) is 4.74 Å². The zero-order valence-corrected chi connectivity index (χ0v) is 9.92. The first-order chi connectivity index (χ1) is 6.38. The van der Waals surface area contributed by atoms with Gasteiger partial charge in [-0.1, -0.05) is 20.8 Å². The van der Waals surface area contributed by atoms with Crippen molar-refractivity contribution in [2.45, 2.75) is 59.7 Å². The zero-order chi connectivity index (χ0) is 10.9. The number of allylic oxidation sites excluding steroid dienone is 1. The molecule has 0 aromatic heterocycles. The van der Waals surface area contributed by atoms with E-state index in [0.29, 0.717) is 0 Å². The Hall–Kier alpha value is -0.500. The normalized spacial score (nSPS) is 28.0. The number of aliphatic hydroxyl groups excluding tert-OH is 1. The van der Waals surface area contributed by atoms with Crippen molar-refractivity contribution in [2.75, 3.05) is 0 Å². The maximum absolute atomic E-state index is 9.86. The predicted molar refractivity (Wildman–Crippen MR) is 57.9 cm³/mol. The molecular formula is C12H22O2. The maximum Gasteiger partial charge on any atom is 0.124 e. The first-order valence-electron chi connectivity index (χ1n) is 5.44. The molecule has 0 saturated carbocycles. The van der Waals surface area contributed by atoms with Crippen LogP contribution in [0.25, 0.3) is 0 Å². The molecule has 0 saturated heterocycles.